The minimum Gasteiger partial charge on any atom is -0.391 e. The van der Waals surface area contributed by atoms with E-state index in [0.717, 1.165) is 63.9 Å². The molecule has 1 aromatic heterocycles. The van der Waals surface area contributed by atoms with E-state index >= 15 is 0 Å². The molecule has 2 aliphatic rings. The molecule has 4 rings (SSSR count). The van der Waals surface area contributed by atoms with Crippen LogP contribution in [-0.2, 0) is 6.54 Å². The third kappa shape index (κ3) is 4.57. The molecule has 0 saturated carbocycles. The number of β-amino-alcohol motifs (C(OH)–C–C–N with tert-alkyl or cyclic N) is 1. The summed E-state index contributed by atoms with van der Waals surface area (Å²) in [7, 11) is 0. The predicted octanol–water partition coefficient (Wildman–Crippen LogP) is 2.07. The third-order valence-corrected chi connectivity index (χ3v) is 5.49. The van der Waals surface area contributed by atoms with Crippen molar-refractivity contribution in [3.05, 3.63) is 47.7 Å². The van der Waals surface area contributed by atoms with E-state index in [-0.39, 0.29) is 6.10 Å². The van der Waals surface area contributed by atoms with E-state index in [1.165, 1.54) is 11.1 Å². The molecule has 1 atom stereocenters. The van der Waals surface area contributed by atoms with Gasteiger partial charge in [0.05, 0.1) is 6.10 Å². The summed E-state index contributed by atoms with van der Waals surface area (Å²) in [5.41, 5.74) is 2.70. The van der Waals surface area contributed by atoms with Gasteiger partial charge in [0.2, 0.25) is 5.95 Å². The van der Waals surface area contributed by atoms with Gasteiger partial charge in [-0.3, -0.25) is 4.90 Å². The molecule has 0 unspecified atom stereocenters. The van der Waals surface area contributed by atoms with E-state index in [4.69, 9.17) is 4.98 Å². The van der Waals surface area contributed by atoms with Crippen LogP contribution in [0, 0.1) is 6.92 Å². The molecule has 2 fully saturated rings. The molecule has 2 saturated heterocycles. The Kier molecular flexibility index (Phi) is 5.55. The topological polar surface area (TPSA) is 55.7 Å². The molecule has 1 aromatic carbocycles. The third-order valence-electron chi connectivity index (χ3n) is 5.49. The van der Waals surface area contributed by atoms with E-state index in [1.54, 1.807) is 0 Å². The second-order valence-electron chi connectivity index (χ2n) is 7.71. The van der Waals surface area contributed by atoms with Gasteiger partial charge in [0.15, 0.2) is 0 Å². The van der Waals surface area contributed by atoms with Crippen molar-refractivity contribution in [1.29, 1.82) is 0 Å². The predicted molar refractivity (Wildman–Crippen MR) is 108 cm³/mol. The standard InChI is InChI=1S/C21H29N5O/c1-17-4-2-5-18(14-17)15-24-10-12-25(13-11-24)21-22-8-7-20(23-21)26-9-3-6-19(27)16-26/h2,4-5,7-8,14,19,27H,3,6,9-13,15-16H2,1H3/t19-/m1/s1. The summed E-state index contributed by atoms with van der Waals surface area (Å²) in [6.45, 7) is 8.69. The summed E-state index contributed by atoms with van der Waals surface area (Å²) < 4.78 is 0. The molecule has 27 heavy (non-hydrogen) atoms. The summed E-state index contributed by atoms with van der Waals surface area (Å²) in [6.07, 6.45) is 3.50. The number of benzene rings is 1. The average molecular weight is 367 g/mol. The number of aliphatic hydroxyl groups excluding tert-OH is 1. The lowest BCUT2D eigenvalue weighted by molar-refractivity contribution is 0.154. The number of piperidine rings is 1. The van der Waals surface area contributed by atoms with E-state index < -0.39 is 0 Å². The Labute approximate surface area is 161 Å². The van der Waals surface area contributed by atoms with Crippen LogP contribution >= 0.6 is 0 Å². The number of rotatable bonds is 4. The monoisotopic (exact) mass is 367 g/mol. The Morgan fingerprint density at radius 1 is 1.07 bits per heavy atom. The molecule has 0 radical (unpaired) electrons. The highest BCUT2D eigenvalue weighted by Crippen LogP contribution is 2.21. The highest BCUT2D eigenvalue weighted by molar-refractivity contribution is 5.44. The quantitative estimate of drug-likeness (QED) is 0.893. The smallest absolute Gasteiger partial charge is 0.227 e. The largest absolute Gasteiger partial charge is 0.391 e. The van der Waals surface area contributed by atoms with E-state index in [9.17, 15) is 5.11 Å². The molecule has 2 aromatic rings. The number of nitrogens with zero attached hydrogens (tertiary/aromatic N) is 5. The van der Waals surface area contributed by atoms with Crippen molar-refractivity contribution in [3.8, 4) is 0 Å². The maximum absolute atomic E-state index is 9.93. The zero-order valence-corrected chi connectivity index (χ0v) is 16.1. The summed E-state index contributed by atoms with van der Waals surface area (Å²) in [4.78, 5) is 16.2. The van der Waals surface area contributed by atoms with Crippen molar-refractivity contribution >= 4 is 11.8 Å². The van der Waals surface area contributed by atoms with Gasteiger partial charge in [0.1, 0.15) is 5.82 Å². The summed E-state index contributed by atoms with van der Waals surface area (Å²) in [6, 6.07) is 10.7. The summed E-state index contributed by atoms with van der Waals surface area (Å²) >= 11 is 0. The highest BCUT2D eigenvalue weighted by atomic mass is 16.3. The Bertz CT molecular complexity index is 760. The molecule has 0 aliphatic carbocycles. The zero-order valence-electron chi connectivity index (χ0n) is 16.1. The van der Waals surface area contributed by atoms with E-state index in [1.807, 2.05) is 12.3 Å². The second-order valence-corrected chi connectivity index (χ2v) is 7.71. The molecular formula is C21H29N5O. The van der Waals surface area contributed by atoms with Gasteiger partial charge in [-0.15, -0.1) is 0 Å². The van der Waals surface area contributed by atoms with Crippen molar-refractivity contribution in [3.63, 3.8) is 0 Å². The van der Waals surface area contributed by atoms with Gasteiger partial charge >= 0.3 is 0 Å². The number of hydrogen-bond donors (Lipinski definition) is 1. The first-order valence-electron chi connectivity index (χ1n) is 9.96. The molecule has 6 heteroatoms. The van der Waals surface area contributed by atoms with Crippen LogP contribution in [0.15, 0.2) is 36.5 Å². The lowest BCUT2D eigenvalue weighted by atomic mass is 10.1. The normalized spacial score (nSPS) is 21.5. The van der Waals surface area contributed by atoms with Crippen molar-refractivity contribution in [2.75, 3.05) is 49.1 Å². The van der Waals surface area contributed by atoms with Crippen LogP contribution < -0.4 is 9.80 Å². The zero-order chi connectivity index (χ0) is 18.6. The second kappa shape index (κ2) is 8.23. The van der Waals surface area contributed by atoms with Gasteiger partial charge in [-0.25, -0.2) is 4.98 Å². The first-order chi connectivity index (χ1) is 13.2. The van der Waals surface area contributed by atoms with Gasteiger partial charge in [-0.2, -0.15) is 4.98 Å². The highest BCUT2D eigenvalue weighted by Gasteiger charge is 2.22. The number of piperazine rings is 1. The number of anilines is 2. The Morgan fingerprint density at radius 3 is 2.70 bits per heavy atom. The fraction of sp³-hybridized carbons (Fsp3) is 0.524. The van der Waals surface area contributed by atoms with Crippen LogP contribution in [0.3, 0.4) is 0 Å². The van der Waals surface area contributed by atoms with E-state index in [2.05, 4.69) is 50.9 Å². The number of aliphatic hydroxyl groups is 1. The van der Waals surface area contributed by atoms with Crippen molar-refractivity contribution in [2.45, 2.75) is 32.4 Å². The van der Waals surface area contributed by atoms with Crippen LogP contribution in [0.5, 0.6) is 0 Å². The van der Waals surface area contributed by atoms with Gasteiger partial charge in [-0.05, 0) is 31.4 Å². The van der Waals surface area contributed by atoms with Gasteiger partial charge in [0.25, 0.3) is 0 Å². The number of aryl methyl sites for hydroxylation is 1. The van der Waals surface area contributed by atoms with Crippen LogP contribution in [0.25, 0.3) is 0 Å². The van der Waals surface area contributed by atoms with Crippen LogP contribution in [0.1, 0.15) is 24.0 Å². The molecule has 144 valence electrons. The average Bonchev–Trinajstić information content (AvgIpc) is 2.69. The van der Waals surface area contributed by atoms with Crippen LogP contribution in [-0.4, -0.2) is 65.3 Å². The maximum atomic E-state index is 9.93. The van der Waals surface area contributed by atoms with Crippen molar-refractivity contribution in [1.82, 2.24) is 14.9 Å². The fourth-order valence-electron chi connectivity index (χ4n) is 4.01. The summed E-state index contributed by atoms with van der Waals surface area (Å²) in [5.74, 6) is 1.74. The van der Waals surface area contributed by atoms with Gasteiger partial charge in [-0.1, -0.05) is 29.8 Å². The molecule has 3 heterocycles. The maximum Gasteiger partial charge on any atom is 0.227 e. The Hall–Kier alpha value is -2.18. The molecule has 0 spiro atoms. The molecule has 6 nitrogen and oxygen atoms in total. The minimum atomic E-state index is -0.248. The van der Waals surface area contributed by atoms with Crippen molar-refractivity contribution in [2.24, 2.45) is 0 Å². The van der Waals surface area contributed by atoms with E-state index in [0.29, 0.717) is 6.54 Å². The fourth-order valence-corrected chi connectivity index (χ4v) is 4.01. The number of hydrogen-bond acceptors (Lipinski definition) is 6. The Balaban J connectivity index is 1.36. The van der Waals surface area contributed by atoms with Crippen molar-refractivity contribution < 1.29 is 5.11 Å². The van der Waals surface area contributed by atoms with Gasteiger partial charge in [0, 0.05) is 52.0 Å². The van der Waals surface area contributed by atoms with Gasteiger partial charge < -0.3 is 14.9 Å². The summed E-state index contributed by atoms with van der Waals surface area (Å²) in [5, 5.41) is 9.93. The lowest BCUT2D eigenvalue weighted by Crippen LogP contribution is -2.46. The molecule has 1 N–H and O–H groups in total. The first kappa shape index (κ1) is 18.2. The minimum absolute atomic E-state index is 0.248. The molecule has 2 aliphatic heterocycles. The molecule has 0 amide bonds. The molecular weight excluding hydrogens is 338 g/mol. The molecule has 0 bridgehead atoms. The Morgan fingerprint density at radius 2 is 1.93 bits per heavy atom. The SMILES string of the molecule is Cc1cccc(CN2CCN(c3nccc(N4CCC[C@@H](O)C4)n3)CC2)c1. The lowest BCUT2D eigenvalue weighted by Gasteiger charge is -2.35. The first-order valence-corrected chi connectivity index (χ1v) is 9.96. The van der Waals surface area contributed by atoms with Crippen LogP contribution in [0.4, 0.5) is 11.8 Å². The number of aromatic nitrogens is 2. The van der Waals surface area contributed by atoms with Crippen LogP contribution in [0.2, 0.25) is 0 Å².